The SMILES string of the molecule is C=Cc1cc(-c2ccc(N3CCNCC3)cc2)c2c3ccc(C(CCCCCC)CCCCCC)c4c(C(=O)NC=O)ccc(c5ccc(CNC(CCCCCC)CCCCCC)c1c52)c43. The molecule has 0 spiro atoms. The van der Waals surface area contributed by atoms with Crippen LogP contribution in [0.1, 0.15) is 189 Å². The molecule has 3 N–H and O–H groups in total. The van der Waals surface area contributed by atoms with Gasteiger partial charge < -0.3 is 15.5 Å². The molecule has 6 aromatic carbocycles. The molecule has 0 radical (unpaired) electrons. The molecule has 0 unspecified atom stereocenters. The number of benzene rings is 6. The lowest BCUT2D eigenvalue weighted by Crippen LogP contribution is -2.43. The van der Waals surface area contributed by atoms with E-state index in [1.807, 2.05) is 6.07 Å². The summed E-state index contributed by atoms with van der Waals surface area (Å²) >= 11 is 0. The zero-order chi connectivity index (χ0) is 47.0. The number of unbranched alkanes of at least 4 members (excludes halogenated alkanes) is 12. The van der Waals surface area contributed by atoms with Crippen LogP contribution in [-0.2, 0) is 11.3 Å². The van der Waals surface area contributed by atoms with Crippen molar-refractivity contribution in [2.24, 2.45) is 0 Å². The highest BCUT2D eigenvalue weighted by atomic mass is 16.2. The van der Waals surface area contributed by atoms with Gasteiger partial charge in [0.2, 0.25) is 6.41 Å². The molecule has 6 aromatic rings. The van der Waals surface area contributed by atoms with Crippen LogP contribution in [0, 0.1) is 0 Å². The average Bonchev–Trinajstić information content (AvgIpc) is 3.36. The minimum Gasteiger partial charge on any atom is -0.369 e. The van der Waals surface area contributed by atoms with Gasteiger partial charge in [0.1, 0.15) is 0 Å². The fraction of sp³-hybridized carbons (Fsp3) is 0.508. The van der Waals surface area contributed by atoms with Gasteiger partial charge in [-0.2, -0.15) is 0 Å². The number of amides is 2. The molecule has 0 aromatic heterocycles. The molecule has 358 valence electrons. The molecule has 7 rings (SSSR count). The molecule has 2 amide bonds. The van der Waals surface area contributed by atoms with Crippen molar-refractivity contribution in [3.63, 3.8) is 0 Å². The van der Waals surface area contributed by atoms with E-state index >= 15 is 0 Å². The van der Waals surface area contributed by atoms with E-state index in [-0.39, 0.29) is 5.91 Å². The summed E-state index contributed by atoms with van der Waals surface area (Å²) in [6.45, 7) is 18.4. The Hall–Kier alpha value is -4.78. The maximum atomic E-state index is 14.1. The summed E-state index contributed by atoms with van der Waals surface area (Å²) in [7, 11) is 0. The van der Waals surface area contributed by atoms with Crippen LogP contribution in [0.3, 0.4) is 0 Å². The van der Waals surface area contributed by atoms with E-state index < -0.39 is 0 Å². The smallest absolute Gasteiger partial charge is 0.258 e. The van der Waals surface area contributed by atoms with Gasteiger partial charge in [0.05, 0.1) is 0 Å². The van der Waals surface area contributed by atoms with Crippen molar-refractivity contribution in [3.8, 4) is 11.1 Å². The Balaban J connectivity index is 1.47. The van der Waals surface area contributed by atoms with Crippen molar-refractivity contribution in [3.05, 3.63) is 95.6 Å². The molecule has 67 heavy (non-hydrogen) atoms. The third-order valence-electron chi connectivity index (χ3n) is 15.1. The summed E-state index contributed by atoms with van der Waals surface area (Å²) in [5, 5.41) is 19.6. The predicted octanol–water partition coefficient (Wildman–Crippen LogP) is 15.8. The maximum Gasteiger partial charge on any atom is 0.258 e. The number of carbonyl (C=O) groups excluding carboxylic acids is 2. The van der Waals surface area contributed by atoms with Gasteiger partial charge in [-0.3, -0.25) is 14.9 Å². The molecule has 6 heteroatoms. The first-order valence-corrected chi connectivity index (χ1v) is 26.9. The van der Waals surface area contributed by atoms with E-state index in [1.165, 1.54) is 165 Å². The van der Waals surface area contributed by atoms with Crippen LogP contribution in [0.4, 0.5) is 5.69 Å². The van der Waals surface area contributed by atoms with E-state index in [4.69, 9.17) is 0 Å². The second kappa shape index (κ2) is 25.5. The van der Waals surface area contributed by atoms with Gasteiger partial charge in [-0.05, 0) is 127 Å². The van der Waals surface area contributed by atoms with Gasteiger partial charge in [0, 0.05) is 50.0 Å². The lowest BCUT2D eigenvalue weighted by molar-refractivity contribution is -0.108. The van der Waals surface area contributed by atoms with E-state index in [1.54, 1.807) is 0 Å². The first-order valence-electron chi connectivity index (χ1n) is 26.9. The number of hydrogen-bond acceptors (Lipinski definition) is 5. The standard InChI is InChI=1S/C61H82N4O2/c1-6-11-15-19-23-45(24-20-16-12-7-2)50-33-35-53-58-51(34-36-54(57(50)58)61(67)64-43-66)52-32-29-47(42-63-48(25-21-17-13-8-3)26-22-18-14-9-4)56-44(10-5)41-55(59(53)60(52)56)46-27-30-49(31-28-46)65-39-37-62-38-40-65/h10,27-36,41,43,45,48,62-63H,5-9,11-26,37-40,42H2,1-4H3,(H,64,66,67). The van der Waals surface area contributed by atoms with Gasteiger partial charge >= 0.3 is 0 Å². The van der Waals surface area contributed by atoms with Gasteiger partial charge in [0.15, 0.2) is 0 Å². The zero-order valence-corrected chi connectivity index (χ0v) is 41.8. The first kappa shape index (κ1) is 50.1. The molecule has 6 nitrogen and oxygen atoms in total. The fourth-order valence-corrected chi connectivity index (χ4v) is 11.4. The largest absolute Gasteiger partial charge is 0.369 e. The molecule has 1 aliphatic heterocycles. The van der Waals surface area contributed by atoms with Crippen molar-refractivity contribution < 1.29 is 9.59 Å². The van der Waals surface area contributed by atoms with Crippen molar-refractivity contribution in [1.29, 1.82) is 0 Å². The highest BCUT2D eigenvalue weighted by molar-refractivity contribution is 6.38. The Kier molecular flexibility index (Phi) is 19.1. The van der Waals surface area contributed by atoms with Gasteiger partial charge in [-0.15, -0.1) is 0 Å². The number of anilines is 1. The van der Waals surface area contributed by atoms with E-state index in [0.29, 0.717) is 23.9 Å². The molecular weight excluding hydrogens is 821 g/mol. The van der Waals surface area contributed by atoms with Crippen molar-refractivity contribution >= 4 is 67.2 Å². The second-order valence-electron chi connectivity index (χ2n) is 19.8. The van der Waals surface area contributed by atoms with Crippen LogP contribution < -0.4 is 20.9 Å². The summed E-state index contributed by atoms with van der Waals surface area (Å²) in [5.74, 6) is -0.0228. The summed E-state index contributed by atoms with van der Waals surface area (Å²) in [4.78, 5) is 28.6. The third kappa shape index (κ3) is 11.9. The van der Waals surface area contributed by atoms with Crippen LogP contribution in [0.15, 0.2) is 73.3 Å². The number of nitrogens with zero attached hydrogens (tertiary/aromatic N) is 1. The van der Waals surface area contributed by atoms with Crippen LogP contribution >= 0.6 is 0 Å². The topological polar surface area (TPSA) is 73.5 Å². The van der Waals surface area contributed by atoms with Gasteiger partial charge in [-0.1, -0.05) is 186 Å². The lowest BCUT2D eigenvalue weighted by Gasteiger charge is -2.29. The number of piperazine rings is 1. The Bertz CT molecular complexity index is 2490. The first-order chi connectivity index (χ1) is 33.0. The van der Waals surface area contributed by atoms with Crippen LogP contribution in [-0.4, -0.2) is 44.5 Å². The van der Waals surface area contributed by atoms with E-state index in [2.05, 4.69) is 122 Å². The maximum absolute atomic E-state index is 14.1. The Labute approximate surface area is 403 Å². The number of nitrogens with one attached hydrogen (secondary N) is 3. The normalized spacial score (nSPS) is 13.3. The summed E-state index contributed by atoms with van der Waals surface area (Å²) in [5.41, 5.74) is 7.90. The molecule has 1 fully saturated rings. The predicted molar refractivity (Wildman–Crippen MR) is 290 cm³/mol. The minimum absolute atomic E-state index is 0.313. The molecule has 1 saturated heterocycles. The van der Waals surface area contributed by atoms with E-state index in [0.717, 1.165) is 72.7 Å². The summed E-state index contributed by atoms with van der Waals surface area (Å²) in [6, 6.07) is 25.7. The van der Waals surface area contributed by atoms with Crippen molar-refractivity contribution in [1.82, 2.24) is 16.0 Å². The Morgan fingerprint density at radius 2 is 1.22 bits per heavy atom. The quantitative estimate of drug-likeness (QED) is 0.0189. The van der Waals surface area contributed by atoms with Crippen molar-refractivity contribution in [2.45, 2.75) is 175 Å². The number of imide groups is 1. The summed E-state index contributed by atoms with van der Waals surface area (Å²) in [6.07, 6.45) is 27.1. The zero-order valence-electron chi connectivity index (χ0n) is 41.8. The van der Waals surface area contributed by atoms with E-state index in [9.17, 15) is 9.59 Å². The molecule has 1 heterocycles. The molecule has 0 atom stereocenters. The number of rotatable bonds is 29. The second-order valence-corrected chi connectivity index (χ2v) is 19.8. The molecule has 1 aliphatic rings. The Morgan fingerprint density at radius 1 is 0.642 bits per heavy atom. The lowest BCUT2D eigenvalue weighted by atomic mass is 9.78. The Morgan fingerprint density at radius 3 is 1.82 bits per heavy atom. The highest BCUT2D eigenvalue weighted by Crippen LogP contribution is 2.49. The number of carbonyl (C=O) groups is 2. The van der Waals surface area contributed by atoms with Crippen LogP contribution in [0.5, 0.6) is 0 Å². The van der Waals surface area contributed by atoms with Crippen LogP contribution in [0.25, 0.3) is 60.3 Å². The highest BCUT2D eigenvalue weighted by Gasteiger charge is 2.26. The molecular formula is C61H82N4O2. The minimum atomic E-state index is -0.335. The molecule has 0 bridgehead atoms. The van der Waals surface area contributed by atoms with Gasteiger partial charge in [0.25, 0.3) is 5.91 Å². The molecule has 0 aliphatic carbocycles. The fourth-order valence-electron chi connectivity index (χ4n) is 11.4. The monoisotopic (exact) mass is 903 g/mol. The molecule has 0 saturated carbocycles. The average molecular weight is 903 g/mol. The van der Waals surface area contributed by atoms with Crippen LogP contribution in [0.2, 0.25) is 0 Å². The number of fused-ring (bicyclic) bond motifs is 2. The van der Waals surface area contributed by atoms with Crippen molar-refractivity contribution in [2.75, 3.05) is 31.1 Å². The summed E-state index contributed by atoms with van der Waals surface area (Å²) < 4.78 is 0. The van der Waals surface area contributed by atoms with Gasteiger partial charge in [-0.25, -0.2) is 0 Å². The number of hydrogen-bond donors (Lipinski definition) is 3. The third-order valence-corrected chi connectivity index (χ3v) is 15.1.